The Labute approximate surface area is 109 Å². The van der Waals surface area contributed by atoms with Gasteiger partial charge in [0.15, 0.2) is 0 Å². The molecule has 104 valence electrons. The summed E-state index contributed by atoms with van der Waals surface area (Å²) < 4.78 is 5.05. The highest BCUT2D eigenvalue weighted by atomic mass is 16.5. The molecule has 17 heavy (non-hydrogen) atoms. The van der Waals surface area contributed by atoms with Crippen LogP contribution in [0.25, 0.3) is 0 Å². The lowest BCUT2D eigenvalue weighted by molar-refractivity contribution is 0.192. The van der Waals surface area contributed by atoms with Crippen molar-refractivity contribution in [2.75, 3.05) is 20.3 Å². The molecule has 2 nitrogen and oxygen atoms in total. The van der Waals surface area contributed by atoms with Gasteiger partial charge in [0.05, 0.1) is 0 Å². The van der Waals surface area contributed by atoms with Gasteiger partial charge in [0.2, 0.25) is 0 Å². The van der Waals surface area contributed by atoms with Crippen LogP contribution < -0.4 is 5.32 Å². The first-order valence-electron chi connectivity index (χ1n) is 7.28. The van der Waals surface area contributed by atoms with Gasteiger partial charge < -0.3 is 10.1 Å². The van der Waals surface area contributed by atoms with E-state index < -0.39 is 0 Å². The van der Waals surface area contributed by atoms with Crippen LogP contribution in [-0.2, 0) is 4.74 Å². The Morgan fingerprint density at radius 2 is 1.47 bits per heavy atom. The molecule has 1 N–H and O–H groups in total. The van der Waals surface area contributed by atoms with Crippen LogP contribution in [-0.4, -0.2) is 26.3 Å². The summed E-state index contributed by atoms with van der Waals surface area (Å²) in [5, 5.41) is 3.72. The molecule has 0 atom stereocenters. The zero-order chi connectivity index (χ0) is 13.1. The van der Waals surface area contributed by atoms with Gasteiger partial charge >= 0.3 is 0 Å². The molecule has 0 aliphatic rings. The third-order valence-electron chi connectivity index (χ3n) is 2.97. The highest BCUT2D eigenvalue weighted by molar-refractivity contribution is 4.70. The van der Waals surface area contributed by atoms with Crippen molar-refractivity contribution in [1.82, 2.24) is 5.32 Å². The largest absolute Gasteiger partial charge is 0.385 e. The summed E-state index contributed by atoms with van der Waals surface area (Å²) in [5.41, 5.74) is 0. The third kappa shape index (κ3) is 12.2. The number of ether oxygens (including phenoxy) is 1. The van der Waals surface area contributed by atoms with Crippen molar-refractivity contribution < 1.29 is 4.74 Å². The summed E-state index contributed by atoms with van der Waals surface area (Å²) in [6.07, 6.45) is 6.34. The molecule has 0 unspecified atom stereocenters. The lowest BCUT2D eigenvalue weighted by atomic mass is 9.95. The number of rotatable bonds is 11. The fourth-order valence-corrected chi connectivity index (χ4v) is 2.26. The van der Waals surface area contributed by atoms with E-state index in [2.05, 4.69) is 33.0 Å². The summed E-state index contributed by atoms with van der Waals surface area (Å²) in [6.45, 7) is 11.3. The van der Waals surface area contributed by atoms with Gasteiger partial charge in [-0.25, -0.2) is 0 Å². The Kier molecular flexibility index (Phi) is 11.0. The fraction of sp³-hybridized carbons (Fsp3) is 1.00. The summed E-state index contributed by atoms with van der Waals surface area (Å²) in [5.74, 6) is 1.58. The van der Waals surface area contributed by atoms with E-state index in [0.29, 0.717) is 6.04 Å². The highest BCUT2D eigenvalue weighted by Crippen LogP contribution is 2.13. The molecule has 0 saturated carbocycles. The minimum atomic E-state index is 0.706. The average molecular weight is 243 g/mol. The van der Waals surface area contributed by atoms with Crippen molar-refractivity contribution in [3.8, 4) is 0 Å². The summed E-state index contributed by atoms with van der Waals surface area (Å²) in [7, 11) is 1.78. The maximum absolute atomic E-state index is 5.05. The zero-order valence-corrected chi connectivity index (χ0v) is 12.6. The standard InChI is InChI=1S/C15H33NO/c1-13(2)11-15(12-14(3)4)16-9-7-6-8-10-17-5/h13-16H,6-12H2,1-5H3. The smallest absolute Gasteiger partial charge is 0.0462 e. The van der Waals surface area contributed by atoms with Crippen LogP contribution in [0.15, 0.2) is 0 Å². The van der Waals surface area contributed by atoms with Crippen LogP contribution in [0.4, 0.5) is 0 Å². The zero-order valence-electron chi connectivity index (χ0n) is 12.6. The van der Waals surface area contributed by atoms with Gasteiger partial charge in [-0.15, -0.1) is 0 Å². The Morgan fingerprint density at radius 3 is 1.94 bits per heavy atom. The van der Waals surface area contributed by atoms with Gasteiger partial charge in [-0.1, -0.05) is 27.7 Å². The Bertz CT molecular complexity index is 147. The predicted octanol–water partition coefficient (Wildman–Crippen LogP) is 3.85. The molecule has 0 bridgehead atoms. The molecule has 0 heterocycles. The number of nitrogens with one attached hydrogen (secondary N) is 1. The molecule has 0 saturated heterocycles. The van der Waals surface area contributed by atoms with E-state index in [1.165, 1.54) is 32.1 Å². The first-order chi connectivity index (χ1) is 8.06. The number of hydrogen-bond donors (Lipinski definition) is 1. The van der Waals surface area contributed by atoms with E-state index in [4.69, 9.17) is 4.74 Å². The number of methoxy groups -OCH3 is 1. The van der Waals surface area contributed by atoms with Crippen LogP contribution in [0.1, 0.15) is 59.8 Å². The highest BCUT2D eigenvalue weighted by Gasteiger charge is 2.11. The minimum absolute atomic E-state index is 0.706. The summed E-state index contributed by atoms with van der Waals surface area (Å²) in [4.78, 5) is 0. The Hall–Kier alpha value is -0.0800. The van der Waals surface area contributed by atoms with Crippen molar-refractivity contribution in [3.05, 3.63) is 0 Å². The van der Waals surface area contributed by atoms with Gasteiger partial charge in [-0.05, 0) is 50.5 Å². The topological polar surface area (TPSA) is 21.3 Å². The molecule has 0 aliphatic heterocycles. The summed E-state index contributed by atoms with van der Waals surface area (Å²) >= 11 is 0. The first kappa shape index (κ1) is 16.9. The molecular formula is C15H33NO. The fourth-order valence-electron chi connectivity index (χ4n) is 2.26. The van der Waals surface area contributed by atoms with E-state index in [1.54, 1.807) is 7.11 Å². The van der Waals surface area contributed by atoms with Crippen LogP contribution in [0, 0.1) is 11.8 Å². The van der Waals surface area contributed by atoms with Gasteiger partial charge in [0, 0.05) is 19.8 Å². The Morgan fingerprint density at radius 1 is 0.882 bits per heavy atom. The first-order valence-corrected chi connectivity index (χ1v) is 7.28. The van der Waals surface area contributed by atoms with Gasteiger partial charge in [-0.3, -0.25) is 0 Å². The van der Waals surface area contributed by atoms with Crippen molar-refractivity contribution >= 4 is 0 Å². The average Bonchev–Trinajstić information content (AvgIpc) is 2.21. The lowest BCUT2D eigenvalue weighted by Crippen LogP contribution is -2.32. The van der Waals surface area contributed by atoms with Crippen molar-refractivity contribution in [2.24, 2.45) is 11.8 Å². The molecule has 0 spiro atoms. The molecule has 0 aliphatic carbocycles. The minimum Gasteiger partial charge on any atom is -0.385 e. The maximum Gasteiger partial charge on any atom is 0.0462 e. The molecular weight excluding hydrogens is 210 g/mol. The molecule has 0 fully saturated rings. The molecule has 2 heteroatoms. The lowest BCUT2D eigenvalue weighted by Gasteiger charge is -2.22. The predicted molar refractivity (Wildman–Crippen MR) is 76.4 cm³/mol. The van der Waals surface area contributed by atoms with E-state index >= 15 is 0 Å². The normalized spacial score (nSPS) is 12.0. The van der Waals surface area contributed by atoms with Crippen molar-refractivity contribution in [1.29, 1.82) is 0 Å². The molecule has 0 aromatic carbocycles. The Balaban J connectivity index is 3.60. The van der Waals surface area contributed by atoms with E-state index in [-0.39, 0.29) is 0 Å². The second kappa shape index (κ2) is 11.0. The number of unbranched alkanes of at least 4 members (excludes halogenated alkanes) is 2. The van der Waals surface area contributed by atoms with Crippen molar-refractivity contribution in [2.45, 2.75) is 65.8 Å². The van der Waals surface area contributed by atoms with Gasteiger partial charge in [-0.2, -0.15) is 0 Å². The monoisotopic (exact) mass is 243 g/mol. The summed E-state index contributed by atoms with van der Waals surface area (Å²) in [6, 6.07) is 0.706. The third-order valence-corrected chi connectivity index (χ3v) is 2.97. The van der Waals surface area contributed by atoms with E-state index in [9.17, 15) is 0 Å². The molecule has 0 radical (unpaired) electrons. The molecule has 0 aromatic heterocycles. The van der Waals surface area contributed by atoms with Gasteiger partial charge in [0.25, 0.3) is 0 Å². The van der Waals surface area contributed by atoms with E-state index in [1.807, 2.05) is 0 Å². The number of hydrogen-bond acceptors (Lipinski definition) is 2. The quantitative estimate of drug-likeness (QED) is 0.556. The van der Waals surface area contributed by atoms with Gasteiger partial charge in [0.1, 0.15) is 0 Å². The van der Waals surface area contributed by atoms with E-state index in [0.717, 1.165) is 25.0 Å². The molecule has 0 aromatic rings. The van der Waals surface area contributed by atoms with Crippen LogP contribution in [0.5, 0.6) is 0 Å². The SMILES string of the molecule is COCCCCCNC(CC(C)C)CC(C)C. The molecule has 0 amide bonds. The second-order valence-electron chi connectivity index (χ2n) is 5.96. The van der Waals surface area contributed by atoms with Crippen LogP contribution in [0.3, 0.4) is 0 Å². The van der Waals surface area contributed by atoms with Crippen LogP contribution >= 0.6 is 0 Å². The maximum atomic E-state index is 5.05. The second-order valence-corrected chi connectivity index (χ2v) is 5.96. The van der Waals surface area contributed by atoms with Crippen molar-refractivity contribution in [3.63, 3.8) is 0 Å². The van der Waals surface area contributed by atoms with Crippen LogP contribution in [0.2, 0.25) is 0 Å². The molecule has 0 rings (SSSR count).